The lowest BCUT2D eigenvalue weighted by atomic mass is 9.86. The molecule has 0 aromatic heterocycles. The van der Waals surface area contributed by atoms with Crippen LogP contribution in [0, 0.1) is 0 Å². The highest BCUT2D eigenvalue weighted by molar-refractivity contribution is 7.79. The van der Waals surface area contributed by atoms with Gasteiger partial charge in [-0.2, -0.15) is 0 Å². The monoisotopic (exact) mass is 418 g/mol. The van der Waals surface area contributed by atoms with Crippen molar-refractivity contribution in [3.05, 3.63) is 96.1 Å². The molecule has 0 saturated carbocycles. The summed E-state index contributed by atoms with van der Waals surface area (Å²) in [6.45, 7) is 6.50. The van der Waals surface area contributed by atoms with E-state index in [-0.39, 0.29) is 17.8 Å². The van der Waals surface area contributed by atoms with Gasteiger partial charge in [0.25, 0.3) is 0 Å². The first-order valence-corrected chi connectivity index (χ1v) is 12.1. The molecule has 4 heteroatoms. The summed E-state index contributed by atoms with van der Waals surface area (Å²) >= 11 is 0. The minimum absolute atomic E-state index is 0.0354. The highest BCUT2D eigenvalue weighted by Gasteiger charge is 2.49. The second-order valence-electron chi connectivity index (χ2n) is 8.88. The molecule has 1 heterocycles. The van der Waals surface area contributed by atoms with Crippen molar-refractivity contribution in [2.24, 2.45) is 0 Å². The fourth-order valence-electron chi connectivity index (χ4n) is 4.16. The molecule has 0 radical (unpaired) electrons. The van der Waals surface area contributed by atoms with Crippen molar-refractivity contribution in [1.82, 2.24) is 0 Å². The Labute approximate surface area is 178 Å². The lowest BCUT2D eigenvalue weighted by Crippen LogP contribution is -2.28. The van der Waals surface area contributed by atoms with Crippen LogP contribution in [0.5, 0.6) is 0 Å². The van der Waals surface area contributed by atoms with Crippen LogP contribution in [0.2, 0.25) is 0 Å². The zero-order valence-corrected chi connectivity index (χ0v) is 18.5. The maximum Gasteiger partial charge on any atom is 0.307 e. The average Bonchev–Trinajstić information content (AvgIpc) is 3.16. The van der Waals surface area contributed by atoms with Crippen LogP contribution in [-0.4, -0.2) is 11.6 Å². The molecular formula is C26H27O3P. The fourth-order valence-corrected chi connectivity index (χ4v) is 7.47. The van der Waals surface area contributed by atoms with Crippen LogP contribution in [0.3, 0.4) is 0 Å². The molecule has 0 amide bonds. The molecule has 0 bridgehead atoms. The number of carbonyl (C=O) groups is 1. The van der Waals surface area contributed by atoms with Crippen molar-refractivity contribution in [3.63, 3.8) is 0 Å². The molecule has 0 aliphatic carbocycles. The molecule has 154 valence electrons. The summed E-state index contributed by atoms with van der Waals surface area (Å²) in [5.41, 5.74) is 1.70. The van der Waals surface area contributed by atoms with E-state index in [4.69, 9.17) is 4.74 Å². The predicted octanol–water partition coefficient (Wildman–Crippen LogP) is 5.35. The maximum absolute atomic E-state index is 14.7. The van der Waals surface area contributed by atoms with E-state index in [2.05, 4.69) is 32.9 Å². The molecule has 30 heavy (non-hydrogen) atoms. The Morgan fingerprint density at radius 3 is 1.77 bits per heavy atom. The van der Waals surface area contributed by atoms with Gasteiger partial charge in [0.15, 0.2) is 7.14 Å². The van der Waals surface area contributed by atoms with E-state index in [1.807, 2.05) is 72.8 Å². The first-order valence-electron chi connectivity index (χ1n) is 10.3. The molecular weight excluding hydrogens is 391 g/mol. The number of esters is 1. The lowest BCUT2D eigenvalue weighted by Gasteiger charge is -2.29. The summed E-state index contributed by atoms with van der Waals surface area (Å²) in [6.07, 6.45) is -0.384. The number of ether oxygens (including phenoxy) is 1. The van der Waals surface area contributed by atoms with Gasteiger partial charge in [-0.15, -0.1) is 0 Å². The molecule has 4 rings (SSSR count). The summed E-state index contributed by atoms with van der Waals surface area (Å²) in [4.78, 5) is 12.4. The largest absolute Gasteiger partial charge is 0.457 e. The summed E-state index contributed by atoms with van der Waals surface area (Å²) in [7, 11) is -3.12. The molecule has 1 fully saturated rings. The van der Waals surface area contributed by atoms with Gasteiger partial charge in [0, 0.05) is 10.6 Å². The molecule has 1 aliphatic rings. The summed E-state index contributed by atoms with van der Waals surface area (Å²) in [6, 6.07) is 27.2. The van der Waals surface area contributed by atoms with Gasteiger partial charge < -0.3 is 9.30 Å². The number of cyclic esters (lactones) is 1. The molecule has 3 aromatic carbocycles. The standard InChI is InChI=1S/C26H27O3P/c1-26(2,3)20-16-14-19(15-17-20)25-23(18-24(27)29-25)30(28,21-10-6-4-7-11-21)22-12-8-5-9-13-22/h4-17,23,25H,18H2,1-3H3/t23-,25+/m1/s1. The van der Waals surface area contributed by atoms with Crippen LogP contribution in [-0.2, 0) is 19.5 Å². The second kappa shape index (κ2) is 7.89. The molecule has 0 spiro atoms. The number of hydrogen-bond donors (Lipinski definition) is 0. The van der Waals surface area contributed by atoms with Crippen LogP contribution in [0.15, 0.2) is 84.9 Å². The van der Waals surface area contributed by atoms with Gasteiger partial charge in [0.1, 0.15) is 6.10 Å². The first kappa shape index (κ1) is 20.6. The smallest absolute Gasteiger partial charge is 0.307 e. The second-order valence-corrected chi connectivity index (χ2v) is 11.9. The summed E-state index contributed by atoms with van der Waals surface area (Å²) in [5.74, 6) is -0.294. The molecule has 3 aromatic rings. The summed E-state index contributed by atoms with van der Waals surface area (Å²) in [5, 5.41) is 1.52. The number of rotatable bonds is 4. The first-order chi connectivity index (χ1) is 14.3. The van der Waals surface area contributed by atoms with E-state index >= 15 is 0 Å². The fraction of sp³-hybridized carbons (Fsp3) is 0.269. The zero-order chi connectivity index (χ0) is 21.4. The third kappa shape index (κ3) is 3.75. The van der Waals surface area contributed by atoms with Crippen LogP contribution in [0.4, 0.5) is 0 Å². The number of benzene rings is 3. The Morgan fingerprint density at radius 2 is 1.30 bits per heavy atom. The lowest BCUT2D eigenvalue weighted by molar-refractivity contribution is -0.141. The topological polar surface area (TPSA) is 43.4 Å². The van der Waals surface area contributed by atoms with Crippen molar-refractivity contribution < 1.29 is 14.1 Å². The van der Waals surface area contributed by atoms with Crippen molar-refractivity contribution in [1.29, 1.82) is 0 Å². The van der Waals surface area contributed by atoms with Gasteiger partial charge in [0.2, 0.25) is 0 Å². The predicted molar refractivity (Wildman–Crippen MR) is 122 cm³/mol. The van der Waals surface area contributed by atoms with Gasteiger partial charge in [-0.3, -0.25) is 4.79 Å². The number of hydrogen-bond acceptors (Lipinski definition) is 3. The Bertz CT molecular complexity index is 1020. The Kier molecular flexibility index (Phi) is 5.42. The molecule has 1 saturated heterocycles. The minimum Gasteiger partial charge on any atom is -0.457 e. The van der Waals surface area contributed by atoms with Gasteiger partial charge in [-0.05, 0) is 16.5 Å². The van der Waals surface area contributed by atoms with Gasteiger partial charge in [-0.1, -0.05) is 106 Å². The maximum atomic E-state index is 14.7. The van der Waals surface area contributed by atoms with Crippen LogP contribution < -0.4 is 10.6 Å². The normalized spacial score (nSPS) is 19.5. The van der Waals surface area contributed by atoms with Gasteiger partial charge in [-0.25, -0.2) is 0 Å². The molecule has 0 unspecified atom stereocenters. The third-order valence-corrected chi connectivity index (χ3v) is 9.35. The van der Waals surface area contributed by atoms with Gasteiger partial charge in [0.05, 0.1) is 12.1 Å². The highest BCUT2D eigenvalue weighted by Crippen LogP contribution is 2.57. The van der Waals surface area contributed by atoms with E-state index in [9.17, 15) is 9.36 Å². The zero-order valence-electron chi connectivity index (χ0n) is 17.6. The number of carbonyl (C=O) groups excluding carboxylic acids is 1. The summed E-state index contributed by atoms with van der Waals surface area (Å²) < 4.78 is 20.5. The molecule has 0 N–H and O–H groups in total. The highest BCUT2D eigenvalue weighted by atomic mass is 31.2. The van der Waals surface area contributed by atoms with E-state index in [0.717, 1.165) is 16.2 Å². The Balaban J connectivity index is 1.82. The van der Waals surface area contributed by atoms with Gasteiger partial charge >= 0.3 is 5.97 Å². The van der Waals surface area contributed by atoms with Crippen molar-refractivity contribution in [3.8, 4) is 0 Å². The van der Waals surface area contributed by atoms with E-state index in [1.165, 1.54) is 5.56 Å². The van der Waals surface area contributed by atoms with Crippen molar-refractivity contribution >= 4 is 23.7 Å². The SMILES string of the molecule is CC(C)(C)c1ccc([C@@H]2OC(=O)C[C@H]2P(=O)(c2ccccc2)c2ccccc2)cc1. The quantitative estimate of drug-likeness (QED) is 0.423. The third-order valence-electron chi connectivity index (χ3n) is 5.84. The van der Waals surface area contributed by atoms with Crippen LogP contribution in [0.25, 0.3) is 0 Å². The molecule has 1 aliphatic heterocycles. The molecule has 3 nitrogen and oxygen atoms in total. The van der Waals surface area contributed by atoms with Crippen LogP contribution >= 0.6 is 7.14 Å². The molecule has 2 atom stereocenters. The van der Waals surface area contributed by atoms with Crippen LogP contribution in [0.1, 0.15) is 44.4 Å². The van der Waals surface area contributed by atoms with Crippen molar-refractivity contribution in [2.75, 3.05) is 0 Å². The van der Waals surface area contributed by atoms with E-state index < -0.39 is 18.9 Å². The van der Waals surface area contributed by atoms with E-state index in [1.54, 1.807) is 0 Å². The van der Waals surface area contributed by atoms with Crippen molar-refractivity contribution in [2.45, 2.75) is 44.4 Å². The van der Waals surface area contributed by atoms with E-state index in [0.29, 0.717) is 0 Å². The Hall–Kier alpha value is -2.64. The minimum atomic E-state index is -3.12. The Morgan fingerprint density at radius 1 is 0.800 bits per heavy atom. The average molecular weight is 418 g/mol.